The van der Waals surface area contributed by atoms with Crippen molar-refractivity contribution in [2.24, 2.45) is 35.3 Å². The molecule has 522 valence electrons. The zero-order valence-electron chi connectivity index (χ0n) is 56.9. The zero-order chi connectivity index (χ0) is 70.1. The minimum Gasteiger partial charge on any atom is -0.445 e. The first-order valence-corrected chi connectivity index (χ1v) is 32.6. The summed E-state index contributed by atoms with van der Waals surface area (Å²) in [5, 5.41) is 16.4. The Morgan fingerprint density at radius 1 is 0.713 bits per heavy atom. The number of anilines is 1. The van der Waals surface area contributed by atoms with E-state index in [0.29, 0.717) is 56.3 Å². The number of unbranched alkanes of at least 4 members (excludes halogenated alkanes) is 2. The van der Waals surface area contributed by atoms with Crippen molar-refractivity contribution in [2.75, 3.05) is 59.8 Å². The van der Waals surface area contributed by atoms with Crippen molar-refractivity contribution in [2.45, 2.75) is 188 Å². The van der Waals surface area contributed by atoms with Gasteiger partial charge in [0.1, 0.15) is 42.4 Å². The number of likely N-dealkylation sites (N-methyl/N-ethyl adjacent to an activating group) is 2. The Morgan fingerprint density at radius 2 is 1.35 bits per heavy atom. The SMILES string of the molecule is CC[C@H](C)C([C@@H](CC(=O)N1CCC[C@H]1[C@H](OC)[C@@H](C)C(=O)NCCc1c(F)cccc1F)OC)N(C)C(=O)[C@@H](NC(=O)[C@H](C(C)C)N(C)C(=O)OCc1ccc(NC(=O)[C@H](CCCNC(N)=O)NC(=O)[C@@H](NC(=O)CCCCCN2C(=O)C=CC2=O)C(C)C)cc1)C(C)C. The van der Waals surface area contributed by atoms with Crippen LogP contribution in [-0.4, -0.2) is 188 Å². The van der Waals surface area contributed by atoms with E-state index >= 15 is 0 Å². The molecular formula is C67H101F2N11O14. The molecule has 94 heavy (non-hydrogen) atoms. The third kappa shape index (κ3) is 22.9. The molecule has 1 fully saturated rings. The summed E-state index contributed by atoms with van der Waals surface area (Å²) >= 11 is 0. The molecule has 0 aromatic heterocycles. The lowest BCUT2D eigenvalue weighted by atomic mass is 9.89. The molecule has 25 nitrogen and oxygen atoms in total. The van der Waals surface area contributed by atoms with Crippen LogP contribution in [0.1, 0.15) is 138 Å². The van der Waals surface area contributed by atoms with Crippen molar-refractivity contribution in [1.82, 2.24) is 46.2 Å². The molecule has 2 heterocycles. The Kier molecular flexibility index (Phi) is 32.0. The van der Waals surface area contributed by atoms with Gasteiger partial charge in [0, 0.05) is 84.3 Å². The molecule has 4 rings (SSSR count). The number of carbonyl (C=O) groups is 11. The number of hydrogen-bond acceptors (Lipinski definition) is 14. The van der Waals surface area contributed by atoms with Gasteiger partial charge in [0.25, 0.3) is 11.8 Å². The van der Waals surface area contributed by atoms with Gasteiger partial charge in [-0.3, -0.25) is 53.0 Å². The predicted octanol–water partition coefficient (Wildman–Crippen LogP) is 5.48. The van der Waals surface area contributed by atoms with E-state index < -0.39 is 125 Å². The van der Waals surface area contributed by atoms with E-state index in [0.717, 1.165) is 21.9 Å². The second-order valence-corrected chi connectivity index (χ2v) is 25.4. The molecule has 8 N–H and O–H groups in total. The fraction of sp³-hybridized carbons (Fsp3) is 0.627. The Bertz CT molecular complexity index is 2910. The number of carbonyl (C=O) groups excluding carboxylic acids is 11. The van der Waals surface area contributed by atoms with Gasteiger partial charge in [0.05, 0.1) is 36.6 Å². The van der Waals surface area contributed by atoms with Crippen molar-refractivity contribution in [3.05, 3.63) is 77.4 Å². The van der Waals surface area contributed by atoms with Crippen LogP contribution >= 0.6 is 0 Å². The van der Waals surface area contributed by atoms with Crippen molar-refractivity contribution in [3.63, 3.8) is 0 Å². The maximum absolute atomic E-state index is 14.8. The van der Waals surface area contributed by atoms with Gasteiger partial charge in [-0.1, -0.05) is 93.4 Å². The van der Waals surface area contributed by atoms with E-state index in [2.05, 4.69) is 31.9 Å². The number of rotatable bonds is 38. The summed E-state index contributed by atoms with van der Waals surface area (Å²) in [6.45, 7) is 16.6. The zero-order valence-corrected chi connectivity index (χ0v) is 56.9. The largest absolute Gasteiger partial charge is 0.445 e. The first-order valence-electron chi connectivity index (χ1n) is 32.6. The maximum atomic E-state index is 14.8. The molecule has 1 unspecified atom stereocenters. The molecule has 0 aliphatic carbocycles. The minimum absolute atomic E-state index is 0.0194. The number of methoxy groups -OCH3 is 2. The fourth-order valence-corrected chi connectivity index (χ4v) is 11.9. The summed E-state index contributed by atoms with van der Waals surface area (Å²) in [6, 6.07) is 3.71. The maximum Gasteiger partial charge on any atom is 0.410 e. The number of imide groups is 1. The van der Waals surface area contributed by atoms with Gasteiger partial charge in [-0.15, -0.1) is 0 Å². The van der Waals surface area contributed by atoms with Crippen LogP contribution in [-0.2, 0) is 70.4 Å². The second-order valence-electron chi connectivity index (χ2n) is 25.4. The van der Waals surface area contributed by atoms with Gasteiger partial charge in [-0.25, -0.2) is 18.4 Å². The molecule has 10 atom stereocenters. The summed E-state index contributed by atoms with van der Waals surface area (Å²) in [5.41, 5.74) is 5.95. The summed E-state index contributed by atoms with van der Waals surface area (Å²) in [7, 11) is 5.97. The molecule has 0 radical (unpaired) electrons. The van der Waals surface area contributed by atoms with Gasteiger partial charge in [-0.2, -0.15) is 0 Å². The number of nitrogens with zero attached hydrogens (tertiary/aromatic N) is 4. The predicted molar refractivity (Wildman–Crippen MR) is 347 cm³/mol. The van der Waals surface area contributed by atoms with E-state index in [-0.39, 0.29) is 93.5 Å². The highest BCUT2D eigenvalue weighted by molar-refractivity contribution is 6.12. The van der Waals surface area contributed by atoms with E-state index in [1.54, 1.807) is 84.7 Å². The molecule has 12 amide bonds. The number of primary amides is 1. The van der Waals surface area contributed by atoms with Crippen LogP contribution in [0, 0.1) is 41.2 Å². The number of urea groups is 1. The van der Waals surface area contributed by atoms with Crippen LogP contribution in [0.4, 0.5) is 24.1 Å². The smallest absolute Gasteiger partial charge is 0.410 e. The number of nitrogens with one attached hydrogen (secondary N) is 6. The van der Waals surface area contributed by atoms with Crippen LogP contribution < -0.4 is 37.6 Å². The lowest BCUT2D eigenvalue weighted by Crippen LogP contribution is -2.60. The molecule has 27 heteroatoms. The molecule has 0 spiro atoms. The van der Waals surface area contributed by atoms with Gasteiger partial charge < -0.3 is 61.6 Å². The van der Waals surface area contributed by atoms with Crippen LogP contribution in [0.2, 0.25) is 0 Å². The monoisotopic (exact) mass is 1320 g/mol. The summed E-state index contributed by atoms with van der Waals surface area (Å²) in [5.74, 6) is -7.72. The Hall–Kier alpha value is -8.07. The van der Waals surface area contributed by atoms with Crippen LogP contribution in [0.25, 0.3) is 0 Å². The van der Waals surface area contributed by atoms with Crippen molar-refractivity contribution >= 4 is 71.0 Å². The number of benzene rings is 2. The summed E-state index contributed by atoms with van der Waals surface area (Å²) in [4.78, 5) is 152. The highest BCUT2D eigenvalue weighted by atomic mass is 19.1. The van der Waals surface area contributed by atoms with Gasteiger partial charge in [-0.05, 0) is 98.4 Å². The minimum atomic E-state index is -1.12. The number of ether oxygens (including phenoxy) is 3. The summed E-state index contributed by atoms with van der Waals surface area (Å²) < 4.78 is 46.2. The molecule has 2 aliphatic rings. The number of likely N-dealkylation sites (tertiary alicyclic amines) is 1. The Morgan fingerprint density at radius 3 is 1.93 bits per heavy atom. The lowest BCUT2D eigenvalue weighted by Gasteiger charge is -2.41. The van der Waals surface area contributed by atoms with Gasteiger partial charge in [0.2, 0.25) is 41.4 Å². The fourth-order valence-electron chi connectivity index (χ4n) is 11.9. The molecule has 0 bridgehead atoms. The molecule has 1 saturated heterocycles. The van der Waals surface area contributed by atoms with Crippen LogP contribution in [0.5, 0.6) is 0 Å². The molecular weight excluding hydrogens is 1220 g/mol. The molecule has 0 saturated carbocycles. The average molecular weight is 1320 g/mol. The quantitative estimate of drug-likeness (QED) is 0.0324. The van der Waals surface area contributed by atoms with E-state index in [9.17, 15) is 61.5 Å². The van der Waals surface area contributed by atoms with E-state index in [1.165, 1.54) is 44.4 Å². The van der Waals surface area contributed by atoms with Crippen molar-refractivity contribution < 1.29 is 75.7 Å². The first kappa shape index (κ1) is 78.4. The molecule has 2 aromatic carbocycles. The number of halogens is 2. The van der Waals surface area contributed by atoms with Crippen molar-refractivity contribution in [3.8, 4) is 0 Å². The number of hydrogen-bond donors (Lipinski definition) is 7. The third-order valence-corrected chi connectivity index (χ3v) is 17.5. The van der Waals surface area contributed by atoms with Crippen molar-refractivity contribution in [1.29, 1.82) is 0 Å². The van der Waals surface area contributed by atoms with E-state index in [4.69, 9.17) is 19.9 Å². The summed E-state index contributed by atoms with van der Waals surface area (Å²) in [6.07, 6.45) is 3.55. The Balaban J connectivity index is 1.37. The lowest BCUT2D eigenvalue weighted by molar-refractivity contribution is -0.148. The van der Waals surface area contributed by atoms with Crippen LogP contribution in [0.3, 0.4) is 0 Å². The van der Waals surface area contributed by atoms with E-state index in [1.807, 2.05) is 13.8 Å². The highest BCUT2D eigenvalue weighted by Crippen LogP contribution is 2.30. The second kappa shape index (κ2) is 38.3. The average Bonchev–Trinajstić information content (AvgIpc) is 1.41. The van der Waals surface area contributed by atoms with Crippen LogP contribution in [0.15, 0.2) is 54.6 Å². The first-order chi connectivity index (χ1) is 44.5. The third-order valence-electron chi connectivity index (χ3n) is 17.5. The normalized spacial score (nSPS) is 16.7. The topological polar surface area (TPSA) is 327 Å². The standard InChI is InChI=1S/C67H101F2N11O14/c1-14-42(8)59(51(92-12)37-55(84)79-36-20-24-50(79)60(93-13)43(9)61(85)71-34-32-46-47(68)21-18-22-48(46)69)77(10)65(89)57(40(4)5)76-64(88)58(41(6)7)78(11)67(91)94-38-44-26-28-45(29-27-44)73-62(86)49(23-19-33-72-66(70)90)74-63(87)56(39(2)3)75-52(81)25-16-15-17-35-80-53(82)30-31-54(80)83/h18,21-22,26-31,39-43,49-51,56-60H,14-17,19-20,23-25,32-38H2,1-13H3,(H,71,85)(H,73,86)(H,74,87)(H,75,81)(H,76,88)(H3,70,72,90)/t42-,43+,49-,50-,51+,56-,57-,58-,59?,60+/m0/s1. The van der Waals surface area contributed by atoms with Gasteiger partial charge >= 0.3 is 12.1 Å². The number of nitrogens with two attached hydrogens (primary N) is 1. The van der Waals surface area contributed by atoms with Gasteiger partial charge in [0.15, 0.2) is 0 Å². The number of amides is 12. The Labute approximate surface area is 551 Å². The molecule has 2 aromatic rings. The highest BCUT2D eigenvalue weighted by Gasteiger charge is 2.44. The molecule has 2 aliphatic heterocycles.